The molecule has 5 heteroatoms. The molecule has 0 aromatic heterocycles. The average Bonchev–Trinajstić information content (AvgIpc) is 2.51. The summed E-state index contributed by atoms with van der Waals surface area (Å²) in [6.45, 7) is 1.47. The minimum absolute atomic E-state index is 0.111. The van der Waals surface area contributed by atoms with E-state index in [1.807, 2.05) is 0 Å². The highest BCUT2D eigenvalue weighted by molar-refractivity contribution is 6.31. The van der Waals surface area contributed by atoms with Gasteiger partial charge in [-0.15, -0.1) is 0 Å². The zero-order valence-electron chi connectivity index (χ0n) is 13.1. The predicted molar refractivity (Wildman–Crippen MR) is 88.2 cm³/mol. The maximum Gasteiger partial charge on any atom is 0.399 e. The molecular weight excluding hydrogens is 337 g/mol. The topological polar surface area (TPSA) is 20.2 Å². The molecule has 1 N–H and O–H groups in total. The first-order valence-electron chi connectivity index (χ1n) is 7.84. The number of rotatable bonds is 2. The van der Waals surface area contributed by atoms with Crippen molar-refractivity contribution < 1.29 is 18.3 Å². The molecular formula is C19H18ClF3O. The molecule has 0 bridgehead atoms. The van der Waals surface area contributed by atoms with Crippen molar-refractivity contribution in [3.05, 3.63) is 70.2 Å². The van der Waals surface area contributed by atoms with Gasteiger partial charge in [0, 0.05) is 10.9 Å². The smallest absolute Gasteiger partial charge is 0.392 e. The Labute approximate surface area is 144 Å². The first kappa shape index (κ1) is 17.3. The number of alkyl halides is 3. The average molecular weight is 355 g/mol. The van der Waals surface area contributed by atoms with Gasteiger partial charge in [0.15, 0.2) is 0 Å². The van der Waals surface area contributed by atoms with Gasteiger partial charge in [-0.05, 0) is 35.6 Å². The second-order valence-electron chi connectivity index (χ2n) is 6.47. The normalized spacial score (nSPS) is 26.9. The van der Waals surface area contributed by atoms with Gasteiger partial charge >= 0.3 is 6.18 Å². The Morgan fingerprint density at radius 2 is 1.79 bits per heavy atom. The van der Waals surface area contributed by atoms with Crippen LogP contribution in [0.3, 0.4) is 0 Å². The third-order valence-corrected chi connectivity index (χ3v) is 5.48. The van der Waals surface area contributed by atoms with E-state index in [9.17, 15) is 18.3 Å². The lowest BCUT2D eigenvalue weighted by Gasteiger charge is -2.48. The number of fused-ring (bicyclic) bond motifs is 1. The van der Waals surface area contributed by atoms with Crippen LogP contribution >= 0.6 is 11.6 Å². The molecule has 3 unspecified atom stereocenters. The molecule has 3 atom stereocenters. The number of hydrogen-bond acceptors (Lipinski definition) is 1. The van der Waals surface area contributed by atoms with E-state index >= 15 is 0 Å². The summed E-state index contributed by atoms with van der Waals surface area (Å²) in [5, 5.41) is 10.5. The first-order chi connectivity index (χ1) is 11.3. The lowest BCUT2D eigenvalue weighted by Crippen LogP contribution is -2.56. The lowest BCUT2D eigenvalue weighted by molar-refractivity contribution is -0.218. The molecule has 1 aliphatic carbocycles. The molecule has 0 fully saturated rings. The fourth-order valence-corrected chi connectivity index (χ4v) is 4.23. The van der Waals surface area contributed by atoms with Gasteiger partial charge < -0.3 is 5.11 Å². The van der Waals surface area contributed by atoms with Gasteiger partial charge in [0.05, 0.1) is 6.10 Å². The Balaban J connectivity index is 2.28. The molecule has 0 spiro atoms. The van der Waals surface area contributed by atoms with Crippen LogP contribution in [-0.4, -0.2) is 17.4 Å². The second kappa shape index (κ2) is 6.08. The highest BCUT2D eigenvalue weighted by atomic mass is 35.5. The molecule has 0 heterocycles. The van der Waals surface area contributed by atoms with Crippen molar-refractivity contribution in [1.82, 2.24) is 0 Å². The van der Waals surface area contributed by atoms with Crippen LogP contribution in [0.25, 0.3) is 0 Å². The maximum absolute atomic E-state index is 14.4. The third-order valence-electron chi connectivity index (χ3n) is 5.16. The number of aliphatic hydroxyl groups is 1. The Morgan fingerprint density at radius 1 is 1.12 bits per heavy atom. The summed E-state index contributed by atoms with van der Waals surface area (Å²) in [7, 11) is 0. The fraction of sp³-hybridized carbons (Fsp3) is 0.368. The second-order valence-corrected chi connectivity index (χ2v) is 6.87. The Bertz CT molecular complexity index is 729. The van der Waals surface area contributed by atoms with Crippen LogP contribution in [-0.2, 0) is 18.3 Å². The van der Waals surface area contributed by atoms with E-state index in [1.165, 1.54) is 13.0 Å². The van der Waals surface area contributed by atoms with Crippen LogP contribution in [0.5, 0.6) is 0 Å². The highest BCUT2D eigenvalue weighted by Crippen LogP contribution is 2.55. The largest absolute Gasteiger partial charge is 0.399 e. The minimum Gasteiger partial charge on any atom is -0.392 e. The van der Waals surface area contributed by atoms with Gasteiger partial charge in [-0.1, -0.05) is 61.0 Å². The molecule has 128 valence electrons. The minimum atomic E-state index is -4.54. The zero-order chi connectivity index (χ0) is 17.5. The molecule has 1 aliphatic rings. The van der Waals surface area contributed by atoms with Crippen molar-refractivity contribution in [2.24, 2.45) is 5.92 Å². The quantitative estimate of drug-likeness (QED) is 0.810. The van der Waals surface area contributed by atoms with E-state index in [1.54, 1.807) is 42.5 Å². The summed E-state index contributed by atoms with van der Waals surface area (Å²) in [5.74, 6) is -0.995. The number of halogens is 4. The van der Waals surface area contributed by atoms with E-state index in [-0.39, 0.29) is 23.4 Å². The van der Waals surface area contributed by atoms with Crippen molar-refractivity contribution in [2.45, 2.75) is 37.5 Å². The van der Waals surface area contributed by atoms with Crippen molar-refractivity contribution in [1.29, 1.82) is 0 Å². The van der Waals surface area contributed by atoms with Crippen LogP contribution in [0.2, 0.25) is 5.02 Å². The summed E-state index contributed by atoms with van der Waals surface area (Å²) in [5.41, 5.74) is -1.05. The predicted octanol–water partition coefficient (Wildman–Crippen LogP) is 4.94. The molecule has 0 amide bonds. The standard InChI is InChI=1S/C19H18ClF3O/c1-12-16(24)10-14-8-5-9-15(20)17(14)18(12,19(21,22)23)11-13-6-3-2-4-7-13/h2-9,12,16,24H,10-11H2,1H3. The molecule has 0 saturated heterocycles. The van der Waals surface area contributed by atoms with Gasteiger partial charge in [0.2, 0.25) is 0 Å². The summed E-state index contributed by atoms with van der Waals surface area (Å²) in [6, 6.07) is 13.3. The molecule has 2 aromatic carbocycles. The molecule has 24 heavy (non-hydrogen) atoms. The van der Waals surface area contributed by atoms with Crippen molar-refractivity contribution >= 4 is 11.6 Å². The Hall–Kier alpha value is -1.52. The molecule has 0 saturated carbocycles. The van der Waals surface area contributed by atoms with E-state index in [0.29, 0.717) is 11.1 Å². The van der Waals surface area contributed by atoms with E-state index in [2.05, 4.69) is 0 Å². The Kier molecular flexibility index (Phi) is 4.39. The monoisotopic (exact) mass is 354 g/mol. The molecule has 0 aliphatic heterocycles. The number of aliphatic hydroxyl groups excluding tert-OH is 1. The zero-order valence-corrected chi connectivity index (χ0v) is 13.9. The summed E-state index contributed by atoms with van der Waals surface area (Å²) in [6.07, 6.45) is -5.67. The van der Waals surface area contributed by atoms with Gasteiger partial charge in [0.1, 0.15) is 5.41 Å². The fourth-order valence-electron chi connectivity index (χ4n) is 3.86. The van der Waals surface area contributed by atoms with E-state index in [0.717, 1.165) is 0 Å². The van der Waals surface area contributed by atoms with Gasteiger partial charge in [-0.25, -0.2) is 0 Å². The highest BCUT2D eigenvalue weighted by Gasteiger charge is 2.63. The number of benzene rings is 2. The van der Waals surface area contributed by atoms with Crippen molar-refractivity contribution in [2.75, 3.05) is 0 Å². The Morgan fingerprint density at radius 3 is 2.42 bits per heavy atom. The van der Waals surface area contributed by atoms with Crippen molar-refractivity contribution in [3.8, 4) is 0 Å². The van der Waals surface area contributed by atoms with Crippen LogP contribution in [0, 0.1) is 5.92 Å². The van der Waals surface area contributed by atoms with Crippen LogP contribution in [0.4, 0.5) is 13.2 Å². The van der Waals surface area contributed by atoms with E-state index < -0.39 is 23.6 Å². The molecule has 1 nitrogen and oxygen atoms in total. The summed E-state index contributed by atoms with van der Waals surface area (Å²) < 4.78 is 43.2. The van der Waals surface area contributed by atoms with Crippen LogP contribution in [0.1, 0.15) is 23.6 Å². The first-order valence-corrected chi connectivity index (χ1v) is 8.22. The van der Waals surface area contributed by atoms with E-state index in [4.69, 9.17) is 11.6 Å². The van der Waals surface area contributed by atoms with Gasteiger partial charge in [-0.3, -0.25) is 0 Å². The van der Waals surface area contributed by atoms with Gasteiger partial charge in [0.25, 0.3) is 0 Å². The SMILES string of the molecule is CC1C(O)Cc2cccc(Cl)c2C1(Cc1ccccc1)C(F)(F)F. The van der Waals surface area contributed by atoms with Crippen LogP contribution < -0.4 is 0 Å². The summed E-state index contributed by atoms with van der Waals surface area (Å²) >= 11 is 6.23. The molecule has 2 aromatic rings. The lowest BCUT2D eigenvalue weighted by atomic mass is 9.59. The van der Waals surface area contributed by atoms with Crippen molar-refractivity contribution in [3.63, 3.8) is 0 Å². The summed E-state index contributed by atoms with van der Waals surface area (Å²) in [4.78, 5) is 0. The van der Waals surface area contributed by atoms with Crippen LogP contribution in [0.15, 0.2) is 48.5 Å². The van der Waals surface area contributed by atoms with Gasteiger partial charge in [-0.2, -0.15) is 13.2 Å². The molecule has 3 rings (SSSR count). The number of hydrogen-bond donors (Lipinski definition) is 1. The molecule has 0 radical (unpaired) electrons. The third kappa shape index (κ3) is 2.62. The maximum atomic E-state index is 14.4.